The summed E-state index contributed by atoms with van der Waals surface area (Å²) in [4.78, 5) is 29.1. The van der Waals surface area contributed by atoms with Gasteiger partial charge in [-0.2, -0.15) is 0 Å². The van der Waals surface area contributed by atoms with Gasteiger partial charge in [0.05, 0.1) is 12.5 Å². The number of pyridine rings is 1. The lowest BCUT2D eigenvalue weighted by molar-refractivity contribution is -0.221. The Balaban J connectivity index is 1.37. The van der Waals surface area contributed by atoms with Crippen molar-refractivity contribution in [1.29, 1.82) is 0 Å². The van der Waals surface area contributed by atoms with Crippen molar-refractivity contribution in [3.63, 3.8) is 0 Å². The zero-order valence-electron chi connectivity index (χ0n) is 17.8. The van der Waals surface area contributed by atoms with Crippen LogP contribution < -0.4 is 0 Å². The van der Waals surface area contributed by atoms with Crippen LogP contribution in [0.5, 0.6) is 0 Å². The number of rotatable bonds is 6. The number of Topliss-reactive ketones (excluding diaryl/α,β-unsaturated/α-hetero) is 1. The third kappa shape index (κ3) is 2.98. The van der Waals surface area contributed by atoms with Gasteiger partial charge in [0.2, 0.25) is 0 Å². The highest BCUT2D eigenvalue weighted by Gasteiger charge is 2.74. The van der Waals surface area contributed by atoms with Crippen LogP contribution in [-0.4, -0.2) is 33.6 Å². The zero-order chi connectivity index (χ0) is 22.0. The number of ether oxygens (including phenoxy) is 1. The first-order valence-corrected chi connectivity index (χ1v) is 10.5. The van der Waals surface area contributed by atoms with Crippen molar-refractivity contribution in [1.82, 2.24) is 14.8 Å². The second-order valence-electron chi connectivity index (χ2n) is 9.38. The maximum atomic E-state index is 14.6. The molecule has 160 valence electrons. The van der Waals surface area contributed by atoms with Gasteiger partial charge in [0.25, 0.3) is 0 Å². The van der Waals surface area contributed by atoms with Gasteiger partial charge in [0.15, 0.2) is 5.65 Å². The van der Waals surface area contributed by atoms with E-state index >= 15 is 0 Å². The highest BCUT2D eigenvalue weighted by atomic mass is 19.1. The summed E-state index contributed by atoms with van der Waals surface area (Å²) in [6, 6.07) is 6.69. The lowest BCUT2D eigenvalue weighted by Gasteiger charge is -2.67. The van der Waals surface area contributed by atoms with E-state index in [4.69, 9.17) is 4.74 Å². The Bertz CT molecular complexity index is 1210. The number of fused-ring (bicyclic) bond motifs is 1. The van der Waals surface area contributed by atoms with Crippen molar-refractivity contribution in [3.8, 4) is 5.69 Å². The number of halogens is 1. The van der Waals surface area contributed by atoms with Gasteiger partial charge in [-0.05, 0) is 54.5 Å². The second-order valence-corrected chi connectivity index (χ2v) is 9.38. The average molecular weight is 421 g/mol. The van der Waals surface area contributed by atoms with E-state index in [1.807, 2.05) is 6.07 Å². The topological polar surface area (TPSA) is 74.1 Å². The molecule has 0 N–H and O–H groups in total. The van der Waals surface area contributed by atoms with E-state index in [1.54, 1.807) is 24.5 Å². The number of ketones is 1. The maximum absolute atomic E-state index is 14.6. The number of methoxy groups -OCH3 is 1. The minimum atomic E-state index is -0.449. The summed E-state index contributed by atoms with van der Waals surface area (Å²) in [6.45, 7) is 4.18. The number of carbonyl (C=O) groups excluding carboxylic acids is 2. The molecule has 2 heterocycles. The predicted octanol–water partition coefficient (Wildman–Crippen LogP) is 4.14. The quantitative estimate of drug-likeness (QED) is 0.560. The smallest absolute Gasteiger partial charge is 0.311 e. The van der Waals surface area contributed by atoms with Crippen molar-refractivity contribution < 1.29 is 18.7 Å². The Labute approximate surface area is 179 Å². The van der Waals surface area contributed by atoms with Crippen molar-refractivity contribution in [3.05, 3.63) is 53.6 Å². The molecule has 3 aliphatic carbocycles. The van der Waals surface area contributed by atoms with Gasteiger partial charge in [0, 0.05) is 29.6 Å². The highest BCUT2D eigenvalue weighted by Crippen LogP contribution is 2.74. The van der Waals surface area contributed by atoms with Crippen LogP contribution in [0.1, 0.15) is 50.2 Å². The maximum Gasteiger partial charge on any atom is 0.311 e. The summed E-state index contributed by atoms with van der Waals surface area (Å²) in [6.07, 6.45) is 5.46. The van der Waals surface area contributed by atoms with Gasteiger partial charge >= 0.3 is 5.97 Å². The fourth-order valence-electron chi connectivity index (χ4n) is 5.11. The summed E-state index contributed by atoms with van der Waals surface area (Å²) in [7, 11) is 1.38. The minimum absolute atomic E-state index is 0.102. The van der Waals surface area contributed by atoms with Crippen molar-refractivity contribution >= 4 is 22.8 Å². The standard InChI is InChI=1S/C24H24FN3O3/c1-14(2)16-8-17-10-28(27-21(17)26-9-16)19-6-15(4-5-18(19)25)7-20(29)23-11-24(12-23,13-23)22(30)31-3/h4-6,8-10,14H,7,11-13H2,1-3H3. The molecule has 0 radical (unpaired) electrons. The van der Waals surface area contributed by atoms with Crippen LogP contribution in [0.15, 0.2) is 36.7 Å². The number of carbonyl (C=O) groups is 2. The Hall–Kier alpha value is -3.09. The molecule has 2 aromatic heterocycles. The van der Waals surface area contributed by atoms with Gasteiger partial charge in [-0.1, -0.05) is 19.9 Å². The molecule has 6 nitrogen and oxygen atoms in total. The first-order valence-electron chi connectivity index (χ1n) is 10.5. The van der Waals surface area contributed by atoms with Gasteiger partial charge in [-0.3, -0.25) is 9.59 Å². The predicted molar refractivity (Wildman–Crippen MR) is 112 cm³/mol. The Morgan fingerprint density at radius 2 is 1.94 bits per heavy atom. The van der Waals surface area contributed by atoms with Crippen LogP contribution >= 0.6 is 0 Å². The van der Waals surface area contributed by atoms with Crippen LogP contribution in [0.25, 0.3) is 16.7 Å². The number of nitrogens with zero attached hydrogens (tertiary/aromatic N) is 3. The molecule has 0 spiro atoms. The largest absolute Gasteiger partial charge is 0.469 e. The minimum Gasteiger partial charge on any atom is -0.469 e. The molecule has 0 atom stereocenters. The van der Waals surface area contributed by atoms with Crippen LogP contribution in [0.2, 0.25) is 0 Å². The van der Waals surface area contributed by atoms with Crippen molar-refractivity contribution in [2.24, 2.45) is 10.8 Å². The highest BCUT2D eigenvalue weighted by molar-refractivity contribution is 5.96. The summed E-state index contributed by atoms with van der Waals surface area (Å²) < 4.78 is 20.9. The molecule has 0 saturated heterocycles. The summed E-state index contributed by atoms with van der Waals surface area (Å²) in [5, 5.41) is 5.26. The molecule has 7 heteroatoms. The molecule has 3 saturated carbocycles. The molecular weight excluding hydrogens is 397 g/mol. The Morgan fingerprint density at radius 1 is 1.19 bits per heavy atom. The first-order chi connectivity index (χ1) is 14.7. The monoisotopic (exact) mass is 421 g/mol. The second kappa shape index (κ2) is 6.70. The Kier molecular flexibility index (Phi) is 4.29. The van der Waals surface area contributed by atoms with E-state index < -0.39 is 16.6 Å². The van der Waals surface area contributed by atoms with Gasteiger partial charge in [0.1, 0.15) is 17.3 Å². The summed E-state index contributed by atoms with van der Waals surface area (Å²) in [5.74, 6) is -0.194. The molecule has 31 heavy (non-hydrogen) atoms. The van der Waals surface area contributed by atoms with E-state index in [2.05, 4.69) is 23.9 Å². The first kappa shape index (κ1) is 19.8. The van der Waals surface area contributed by atoms with Crippen molar-refractivity contribution in [2.75, 3.05) is 7.11 Å². The van der Waals surface area contributed by atoms with Gasteiger partial charge in [-0.15, -0.1) is 5.10 Å². The van der Waals surface area contributed by atoms with Crippen LogP contribution in [0.3, 0.4) is 0 Å². The number of benzene rings is 1. The third-order valence-corrected chi connectivity index (χ3v) is 6.91. The van der Waals surface area contributed by atoms with E-state index in [0.29, 0.717) is 30.8 Å². The van der Waals surface area contributed by atoms with E-state index in [1.165, 1.54) is 17.9 Å². The fraction of sp³-hybridized carbons (Fsp3) is 0.417. The lowest BCUT2D eigenvalue weighted by atomic mass is 9.33. The number of esters is 1. The number of hydrogen-bond acceptors (Lipinski definition) is 5. The van der Waals surface area contributed by atoms with Crippen LogP contribution in [0.4, 0.5) is 4.39 Å². The third-order valence-electron chi connectivity index (χ3n) is 6.91. The van der Waals surface area contributed by atoms with E-state index in [9.17, 15) is 14.0 Å². The van der Waals surface area contributed by atoms with E-state index in [0.717, 1.165) is 16.5 Å². The zero-order valence-corrected chi connectivity index (χ0v) is 17.8. The SMILES string of the molecule is COC(=O)C12CC(C(=O)Cc3ccc(F)c(-n4cc5cc(C(C)C)cnc5n4)c3)(C1)C2. The number of aromatic nitrogens is 3. The normalized spacial score (nSPS) is 24.0. The summed E-state index contributed by atoms with van der Waals surface area (Å²) >= 11 is 0. The molecule has 0 unspecified atom stereocenters. The Morgan fingerprint density at radius 3 is 2.61 bits per heavy atom. The average Bonchev–Trinajstić information content (AvgIpc) is 3.10. The van der Waals surface area contributed by atoms with Gasteiger partial charge < -0.3 is 4.74 Å². The molecule has 1 aromatic carbocycles. The lowest BCUT2D eigenvalue weighted by Crippen LogP contribution is -2.69. The molecule has 0 amide bonds. The summed E-state index contributed by atoms with van der Waals surface area (Å²) in [5.41, 5.74) is 1.80. The number of hydrogen-bond donors (Lipinski definition) is 0. The van der Waals surface area contributed by atoms with E-state index in [-0.39, 0.29) is 23.9 Å². The molecular formula is C24H24FN3O3. The van der Waals surface area contributed by atoms with Gasteiger partial charge in [-0.25, -0.2) is 14.1 Å². The molecule has 6 rings (SSSR count). The fourth-order valence-corrected chi connectivity index (χ4v) is 5.11. The molecule has 3 aliphatic rings. The molecule has 0 aliphatic heterocycles. The molecule has 2 bridgehead atoms. The van der Waals surface area contributed by atoms with Crippen LogP contribution in [-0.2, 0) is 20.7 Å². The molecule has 3 fully saturated rings. The van der Waals surface area contributed by atoms with Crippen LogP contribution in [0, 0.1) is 16.6 Å². The van der Waals surface area contributed by atoms with Crippen molar-refractivity contribution in [2.45, 2.75) is 45.4 Å². The molecule has 3 aromatic rings.